The minimum atomic E-state index is -0.724. The van der Waals surface area contributed by atoms with Gasteiger partial charge >= 0.3 is 5.97 Å². The fourth-order valence-electron chi connectivity index (χ4n) is 1.07. The summed E-state index contributed by atoms with van der Waals surface area (Å²) < 4.78 is 18.4. The Hall–Kier alpha value is -1.09. The van der Waals surface area contributed by atoms with Crippen LogP contribution in [0.5, 0.6) is 0 Å². The van der Waals surface area contributed by atoms with Gasteiger partial charge in [-0.05, 0) is 18.1 Å². The highest BCUT2D eigenvalue weighted by atomic mass is 35.5. The summed E-state index contributed by atoms with van der Waals surface area (Å²) >= 11 is 5.57. The van der Waals surface area contributed by atoms with E-state index in [0.29, 0.717) is 6.61 Å². The first-order chi connectivity index (χ1) is 7.56. The Bertz CT molecular complexity index is 379. The van der Waals surface area contributed by atoms with E-state index in [4.69, 9.17) is 16.3 Å². The van der Waals surface area contributed by atoms with E-state index in [9.17, 15) is 9.18 Å². The standard InChI is InChI=1S/C12H14ClFO2/c1-3-8(2)7-16-12(15)9-5-4-6-10(13)11(9)14/h4-6,8H,3,7H2,1-2H3. The number of esters is 1. The lowest BCUT2D eigenvalue weighted by Crippen LogP contribution is -2.13. The van der Waals surface area contributed by atoms with Gasteiger partial charge in [-0.25, -0.2) is 9.18 Å². The molecule has 0 saturated carbocycles. The average molecular weight is 245 g/mol. The molecule has 1 aromatic carbocycles. The summed E-state index contributed by atoms with van der Waals surface area (Å²) in [5.41, 5.74) is -0.115. The van der Waals surface area contributed by atoms with Crippen LogP contribution < -0.4 is 0 Å². The van der Waals surface area contributed by atoms with Gasteiger partial charge in [-0.15, -0.1) is 0 Å². The van der Waals surface area contributed by atoms with Crippen molar-refractivity contribution in [2.45, 2.75) is 20.3 Å². The maximum atomic E-state index is 13.4. The summed E-state index contributed by atoms with van der Waals surface area (Å²) in [4.78, 5) is 11.5. The lowest BCUT2D eigenvalue weighted by Gasteiger charge is -2.10. The third kappa shape index (κ3) is 3.20. The van der Waals surface area contributed by atoms with Gasteiger partial charge in [0.15, 0.2) is 5.82 Å². The molecule has 16 heavy (non-hydrogen) atoms. The Morgan fingerprint density at radius 2 is 2.25 bits per heavy atom. The van der Waals surface area contributed by atoms with E-state index in [1.807, 2.05) is 13.8 Å². The normalized spacial score (nSPS) is 12.2. The molecule has 0 aromatic heterocycles. The van der Waals surface area contributed by atoms with Crippen LogP contribution in [0, 0.1) is 11.7 Å². The number of hydrogen-bond donors (Lipinski definition) is 0. The Morgan fingerprint density at radius 1 is 1.56 bits per heavy atom. The Morgan fingerprint density at radius 3 is 2.88 bits per heavy atom. The number of carbonyl (C=O) groups excluding carboxylic acids is 1. The minimum absolute atomic E-state index is 0.0713. The first-order valence-electron chi connectivity index (χ1n) is 5.17. The molecule has 0 aliphatic heterocycles. The van der Waals surface area contributed by atoms with Gasteiger partial charge < -0.3 is 4.74 Å². The van der Waals surface area contributed by atoms with Crippen molar-refractivity contribution in [2.24, 2.45) is 5.92 Å². The fourth-order valence-corrected chi connectivity index (χ4v) is 1.25. The Labute approximate surface area is 99.4 Å². The topological polar surface area (TPSA) is 26.3 Å². The first kappa shape index (κ1) is 13.0. The van der Waals surface area contributed by atoms with Gasteiger partial charge in [-0.2, -0.15) is 0 Å². The summed E-state index contributed by atoms with van der Waals surface area (Å²) in [6.45, 7) is 4.25. The SMILES string of the molecule is CCC(C)COC(=O)c1cccc(Cl)c1F. The lowest BCUT2D eigenvalue weighted by atomic mass is 10.1. The molecule has 0 amide bonds. The van der Waals surface area contributed by atoms with Gasteiger partial charge in [0.1, 0.15) is 0 Å². The zero-order chi connectivity index (χ0) is 12.1. The van der Waals surface area contributed by atoms with E-state index in [0.717, 1.165) is 6.42 Å². The molecule has 0 saturated heterocycles. The van der Waals surface area contributed by atoms with Crippen molar-refractivity contribution in [3.05, 3.63) is 34.6 Å². The molecular weight excluding hydrogens is 231 g/mol. The second kappa shape index (κ2) is 5.85. The molecule has 1 unspecified atom stereocenters. The molecule has 0 aliphatic rings. The summed E-state index contributed by atoms with van der Waals surface area (Å²) in [5, 5.41) is -0.0713. The average Bonchev–Trinajstić information content (AvgIpc) is 2.29. The summed E-state index contributed by atoms with van der Waals surface area (Å²) in [6, 6.07) is 4.27. The number of rotatable bonds is 4. The molecule has 0 fully saturated rings. The predicted octanol–water partition coefficient (Wildman–Crippen LogP) is 3.68. The molecule has 0 heterocycles. The highest BCUT2D eigenvalue weighted by Gasteiger charge is 2.15. The number of halogens is 2. The lowest BCUT2D eigenvalue weighted by molar-refractivity contribution is 0.0442. The highest BCUT2D eigenvalue weighted by molar-refractivity contribution is 6.31. The van der Waals surface area contributed by atoms with E-state index in [2.05, 4.69) is 0 Å². The van der Waals surface area contributed by atoms with Crippen LogP contribution in [0.25, 0.3) is 0 Å². The van der Waals surface area contributed by atoms with Crippen molar-refractivity contribution in [3.63, 3.8) is 0 Å². The van der Waals surface area contributed by atoms with Crippen LogP contribution in [0.1, 0.15) is 30.6 Å². The number of hydrogen-bond acceptors (Lipinski definition) is 2. The zero-order valence-electron chi connectivity index (χ0n) is 9.30. The van der Waals surface area contributed by atoms with Crippen LogP contribution in [0.4, 0.5) is 4.39 Å². The Kier molecular flexibility index (Phi) is 4.74. The van der Waals surface area contributed by atoms with Crippen LogP contribution in [0.2, 0.25) is 5.02 Å². The third-order valence-corrected chi connectivity index (χ3v) is 2.66. The predicted molar refractivity (Wildman–Crippen MR) is 61.1 cm³/mol. The molecule has 2 nitrogen and oxygen atoms in total. The molecule has 0 spiro atoms. The van der Waals surface area contributed by atoms with Crippen molar-refractivity contribution in [1.29, 1.82) is 0 Å². The van der Waals surface area contributed by atoms with Crippen molar-refractivity contribution in [3.8, 4) is 0 Å². The van der Waals surface area contributed by atoms with Crippen LogP contribution in [-0.4, -0.2) is 12.6 Å². The van der Waals surface area contributed by atoms with E-state index in [-0.39, 0.29) is 16.5 Å². The Balaban J connectivity index is 2.70. The maximum Gasteiger partial charge on any atom is 0.341 e. The molecule has 0 N–H and O–H groups in total. The van der Waals surface area contributed by atoms with Gasteiger partial charge in [-0.1, -0.05) is 37.9 Å². The molecule has 1 aromatic rings. The molecule has 1 rings (SSSR count). The van der Waals surface area contributed by atoms with Gasteiger partial charge in [-0.3, -0.25) is 0 Å². The van der Waals surface area contributed by atoms with Crippen LogP contribution >= 0.6 is 11.6 Å². The highest BCUT2D eigenvalue weighted by Crippen LogP contribution is 2.18. The van der Waals surface area contributed by atoms with Gasteiger partial charge in [0.2, 0.25) is 0 Å². The summed E-state index contributed by atoms with van der Waals surface area (Å²) in [7, 11) is 0. The van der Waals surface area contributed by atoms with E-state index >= 15 is 0 Å². The minimum Gasteiger partial charge on any atom is -0.462 e. The van der Waals surface area contributed by atoms with Crippen LogP contribution in [-0.2, 0) is 4.74 Å². The molecular formula is C12H14ClFO2. The van der Waals surface area contributed by atoms with E-state index in [1.54, 1.807) is 0 Å². The van der Waals surface area contributed by atoms with Gasteiger partial charge in [0.05, 0.1) is 17.2 Å². The van der Waals surface area contributed by atoms with Crippen molar-refractivity contribution in [2.75, 3.05) is 6.61 Å². The van der Waals surface area contributed by atoms with E-state index in [1.165, 1.54) is 18.2 Å². The van der Waals surface area contributed by atoms with Crippen molar-refractivity contribution in [1.82, 2.24) is 0 Å². The van der Waals surface area contributed by atoms with Gasteiger partial charge in [0, 0.05) is 0 Å². The van der Waals surface area contributed by atoms with E-state index < -0.39 is 11.8 Å². The summed E-state index contributed by atoms with van der Waals surface area (Å²) in [6.07, 6.45) is 0.908. The molecule has 0 aliphatic carbocycles. The number of benzene rings is 1. The van der Waals surface area contributed by atoms with Crippen molar-refractivity contribution >= 4 is 17.6 Å². The zero-order valence-corrected chi connectivity index (χ0v) is 10.1. The largest absolute Gasteiger partial charge is 0.462 e. The van der Waals surface area contributed by atoms with Gasteiger partial charge in [0.25, 0.3) is 0 Å². The molecule has 0 radical (unpaired) electrons. The maximum absolute atomic E-state index is 13.4. The quantitative estimate of drug-likeness (QED) is 0.756. The van der Waals surface area contributed by atoms with Crippen LogP contribution in [0.15, 0.2) is 18.2 Å². The van der Waals surface area contributed by atoms with Crippen LogP contribution in [0.3, 0.4) is 0 Å². The molecule has 1 atom stereocenters. The van der Waals surface area contributed by atoms with Crippen molar-refractivity contribution < 1.29 is 13.9 Å². The third-order valence-electron chi connectivity index (χ3n) is 2.37. The number of ether oxygens (including phenoxy) is 1. The monoisotopic (exact) mass is 244 g/mol. The second-order valence-corrected chi connectivity index (χ2v) is 4.12. The number of carbonyl (C=O) groups is 1. The smallest absolute Gasteiger partial charge is 0.341 e. The summed E-state index contributed by atoms with van der Waals surface area (Å²) in [5.74, 6) is -1.12. The molecule has 0 bridgehead atoms. The first-order valence-corrected chi connectivity index (χ1v) is 5.55. The fraction of sp³-hybridized carbons (Fsp3) is 0.417. The molecule has 88 valence electrons. The second-order valence-electron chi connectivity index (χ2n) is 3.71. The molecule has 4 heteroatoms.